The Labute approximate surface area is 177 Å². The molecule has 3 unspecified atom stereocenters. The summed E-state index contributed by atoms with van der Waals surface area (Å²) in [5, 5.41) is 18.8. The Bertz CT molecular complexity index is 578. The molecule has 1 saturated heterocycles. The monoisotopic (exact) mass is 428 g/mol. The third-order valence-electron chi connectivity index (χ3n) is 5.28. The Morgan fingerprint density at radius 3 is 2.43 bits per heavy atom. The standard InChI is InChI=1S/C10H18N4O3.C10H18O3/c11-1-2-15-3-4-16-5-6-17-10-8-13-7-9(12)14-10;11-6-9-10(12)8(4-5-13-9)7-2-1-3-7/h7-8H,1-6,11H2,(H2,12,14);7-12H,1-6H2. The van der Waals surface area contributed by atoms with E-state index in [1.807, 2.05) is 0 Å². The van der Waals surface area contributed by atoms with Crippen LogP contribution in [-0.4, -0.2) is 85.2 Å². The maximum Gasteiger partial charge on any atom is 0.234 e. The molecule has 172 valence electrons. The van der Waals surface area contributed by atoms with Gasteiger partial charge in [-0.2, -0.15) is 4.98 Å². The van der Waals surface area contributed by atoms with Gasteiger partial charge in [-0.05, 0) is 18.3 Å². The first-order valence-corrected chi connectivity index (χ1v) is 10.6. The molecular weight excluding hydrogens is 392 g/mol. The van der Waals surface area contributed by atoms with Gasteiger partial charge in [-0.25, -0.2) is 0 Å². The lowest BCUT2D eigenvalue weighted by Crippen LogP contribution is -2.47. The van der Waals surface area contributed by atoms with Crippen molar-refractivity contribution in [3.8, 4) is 5.88 Å². The molecule has 1 saturated carbocycles. The molecule has 0 aromatic carbocycles. The van der Waals surface area contributed by atoms with E-state index in [2.05, 4.69) is 9.97 Å². The SMILES string of the molecule is NCCOCCOCCOc1cncc(N)n1.OCC1OCCC(C2CCC2)C1O. The summed E-state index contributed by atoms with van der Waals surface area (Å²) in [6.45, 7) is 3.64. The number of aliphatic hydroxyl groups is 2. The predicted molar refractivity (Wildman–Crippen MR) is 111 cm³/mol. The summed E-state index contributed by atoms with van der Waals surface area (Å²) < 4.78 is 21.0. The molecular formula is C20H36N4O6. The molecule has 10 nitrogen and oxygen atoms in total. The van der Waals surface area contributed by atoms with Crippen molar-refractivity contribution in [2.24, 2.45) is 17.6 Å². The summed E-state index contributed by atoms with van der Waals surface area (Å²) in [7, 11) is 0. The van der Waals surface area contributed by atoms with Crippen LogP contribution in [0.3, 0.4) is 0 Å². The molecule has 1 aromatic rings. The molecule has 10 heteroatoms. The van der Waals surface area contributed by atoms with Crippen LogP contribution in [-0.2, 0) is 14.2 Å². The molecule has 30 heavy (non-hydrogen) atoms. The number of aromatic nitrogens is 2. The predicted octanol–water partition coefficient (Wildman–Crippen LogP) is -0.0257. The second kappa shape index (κ2) is 14.4. The first-order valence-electron chi connectivity index (χ1n) is 10.6. The Hall–Kier alpha value is -1.56. The van der Waals surface area contributed by atoms with E-state index in [-0.39, 0.29) is 12.7 Å². The first kappa shape index (κ1) is 24.7. The first-order chi connectivity index (χ1) is 14.7. The Kier molecular flexibility index (Phi) is 11.9. The van der Waals surface area contributed by atoms with Crippen molar-refractivity contribution in [3.63, 3.8) is 0 Å². The van der Waals surface area contributed by atoms with E-state index in [1.54, 1.807) is 0 Å². The van der Waals surface area contributed by atoms with E-state index in [0.717, 1.165) is 6.42 Å². The van der Waals surface area contributed by atoms with Crippen LogP contribution in [0.5, 0.6) is 5.88 Å². The van der Waals surface area contributed by atoms with Crippen LogP contribution in [0, 0.1) is 11.8 Å². The van der Waals surface area contributed by atoms with Crippen molar-refractivity contribution in [1.29, 1.82) is 0 Å². The number of aliphatic hydroxyl groups excluding tert-OH is 2. The van der Waals surface area contributed by atoms with Gasteiger partial charge in [0.05, 0.1) is 51.5 Å². The van der Waals surface area contributed by atoms with Crippen molar-refractivity contribution in [3.05, 3.63) is 12.4 Å². The summed E-state index contributed by atoms with van der Waals surface area (Å²) in [6, 6.07) is 0. The number of hydrogen-bond donors (Lipinski definition) is 4. The number of hydrogen-bond acceptors (Lipinski definition) is 10. The molecule has 0 spiro atoms. The van der Waals surface area contributed by atoms with Crippen molar-refractivity contribution in [2.75, 3.05) is 58.5 Å². The van der Waals surface area contributed by atoms with Crippen molar-refractivity contribution in [1.82, 2.24) is 9.97 Å². The highest BCUT2D eigenvalue weighted by Crippen LogP contribution is 2.39. The van der Waals surface area contributed by atoms with Crippen LogP contribution in [0.4, 0.5) is 5.82 Å². The van der Waals surface area contributed by atoms with Crippen molar-refractivity contribution >= 4 is 5.82 Å². The minimum atomic E-state index is -0.441. The lowest BCUT2D eigenvalue weighted by atomic mass is 9.70. The Balaban J connectivity index is 0.000000220. The van der Waals surface area contributed by atoms with Crippen LogP contribution >= 0.6 is 0 Å². The summed E-state index contributed by atoms with van der Waals surface area (Å²) in [5.41, 5.74) is 10.7. The minimum Gasteiger partial charge on any atom is -0.474 e. The van der Waals surface area contributed by atoms with Crippen LogP contribution in [0.15, 0.2) is 12.4 Å². The van der Waals surface area contributed by atoms with Gasteiger partial charge in [0.25, 0.3) is 0 Å². The summed E-state index contributed by atoms with van der Waals surface area (Å²) in [4.78, 5) is 7.78. The van der Waals surface area contributed by atoms with E-state index in [9.17, 15) is 5.11 Å². The normalized spacial score (nSPS) is 23.9. The summed E-state index contributed by atoms with van der Waals surface area (Å²) in [6.07, 6.45) is 6.95. The molecule has 2 heterocycles. The molecule has 6 N–H and O–H groups in total. The quantitative estimate of drug-likeness (QED) is 0.353. The van der Waals surface area contributed by atoms with Gasteiger partial charge in [0.15, 0.2) is 0 Å². The van der Waals surface area contributed by atoms with Gasteiger partial charge in [-0.15, -0.1) is 0 Å². The molecule has 0 amide bonds. The summed E-state index contributed by atoms with van der Waals surface area (Å²) >= 11 is 0. The van der Waals surface area contributed by atoms with Crippen LogP contribution in [0.1, 0.15) is 25.7 Å². The highest BCUT2D eigenvalue weighted by atomic mass is 16.5. The van der Waals surface area contributed by atoms with Crippen molar-refractivity contribution in [2.45, 2.75) is 37.9 Å². The molecule has 3 atom stereocenters. The Morgan fingerprint density at radius 1 is 1.07 bits per heavy atom. The molecule has 0 radical (unpaired) electrons. The average molecular weight is 429 g/mol. The number of nitrogen functional groups attached to an aromatic ring is 1. The summed E-state index contributed by atoms with van der Waals surface area (Å²) in [5.74, 6) is 1.79. The zero-order valence-electron chi connectivity index (χ0n) is 17.5. The fraction of sp³-hybridized carbons (Fsp3) is 0.800. The van der Waals surface area contributed by atoms with Gasteiger partial charge in [-0.3, -0.25) is 4.98 Å². The average Bonchev–Trinajstić information content (AvgIpc) is 2.71. The van der Waals surface area contributed by atoms with Gasteiger partial charge >= 0.3 is 0 Å². The van der Waals surface area contributed by atoms with Crippen molar-refractivity contribution < 1.29 is 29.2 Å². The molecule has 1 aliphatic heterocycles. The molecule has 1 aromatic heterocycles. The van der Waals surface area contributed by atoms with Crippen LogP contribution in [0.2, 0.25) is 0 Å². The van der Waals surface area contributed by atoms with Gasteiger partial charge in [0.2, 0.25) is 5.88 Å². The second-order valence-corrected chi connectivity index (χ2v) is 7.37. The number of rotatable bonds is 11. The molecule has 2 fully saturated rings. The van der Waals surface area contributed by atoms with E-state index in [0.29, 0.717) is 69.7 Å². The fourth-order valence-electron chi connectivity index (χ4n) is 3.49. The number of nitrogens with two attached hydrogens (primary N) is 2. The third kappa shape index (κ3) is 8.66. The lowest BCUT2D eigenvalue weighted by molar-refractivity contribution is -0.140. The zero-order chi connectivity index (χ0) is 21.6. The number of anilines is 1. The molecule has 3 rings (SSSR count). The maximum atomic E-state index is 9.88. The molecule has 2 aliphatic rings. The van der Waals surface area contributed by atoms with Gasteiger partial charge in [0, 0.05) is 13.2 Å². The molecule has 0 bridgehead atoms. The highest BCUT2D eigenvalue weighted by Gasteiger charge is 2.39. The van der Waals surface area contributed by atoms with Crippen LogP contribution in [0.25, 0.3) is 0 Å². The Morgan fingerprint density at radius 2 is 1.80 bits per heavy atom. The fourth-order valence-corrected chi connectivity index (χ4v) is 3.49. The number of nitrogens with zero attached hydrogens (tertiary/aromatic N) is 2. The topological polar surface area (TPSA) is 155 Å². The van der Waals surface area contributed by atoms with Gasteiger partial charge in [-0.1, -0.05) is 19.3 Å². The van der Waals surface area contributed by atoms with E-state index < -0.39 is 6.10 Å². The highest BCUT2D eigenvalue weighted by molar-refractivity contribution is 5.25. The minimum absolute atomic E-state index is 0.0512. The zero-order valence-corrected chi connectivity index (χ0v) is 17.5. The largest absolute Gasteiger partial charge is 0.474 e. The maximum absolute atomic E-state index is 9.88. The van der Waals surface area contributed by atoms with E-state index in [1.165, 1.54) is 31.7 Å². The van der Waals surface area contributed by atoms with Gasteiger partial charge < -0.3 is 40.6 Å². The van der Waals surface area contributed by atoms with Gasteiger partial charge in [0.1, 0.15) is 18.5 Å². The van der Waals surface area contributed by atoms with E-state index in [4.69, 9.17) is 35.5 Å². The van der Waals surface area contributed by atoms with E-state index >= 15 is 0 Å². The smallest absolute Gasteiger partial charge is 0.234 e. The molecule has 1 aliphatic carbocycles. The third-order valence-corrected chi connectivity index (χ3v) is 5.28. The lowest BCUT2D eigenvalue weighted by Gasteiger charge is -2.42. The second-order valence-electron chi connectivity index (χ2n) is 7.37. The van der Waals surface area contributed by atoms with Crippen LogP contribution < -0.4 is 16.2 Å². The number of ether oxygens (including phenoxy) is 4.